The summed E-state index contributed by atoms with van der Waals surface area (Å²) in [5, 5.41) is 0. The van der Waals surface area contributed by atoms with Gasteiger partial charge in [0, 0.05) is 32.7 Å². The summed E-state index contributed by atoms with van der Waals surface area (Å²) >= 11 is 0. The van der Waals surface area contributed by atoms with Gasteiger partial charge in [-0.25, -0.2) is 0 Å². The topological polar surface area (TPSA) is 53.1 Å². The van der Waals surface area contributed by atoms with Gasteiger partial charge < -0.3 is 9.64 Å². The first-order chi connectivity index (χ1) is 14.9. The lowest BCUT2D eigenvalue weighted by Gasteiger charge is -2.37. The number of likely N-dealkylation sites (tertiary alicyclic amines) is 1. The van der Waals surface area contributed by atoms with Crippen LogP contribution < -0.4 is 9.64 Å². The van der Waals surface area contributed by atoms with Crippen LogP contribution in [0, 0.1) is 11.3 Å². The Balaban J connectivity index is 1.26. The largest absolute Gasteiger partial charge is 0.489 e. The van der Waals surface area contributed by atoms with Gasteiger partial charge in [0.1, 0.15) is 5.75 Å². The number of hydrogen-bond acceptors (Lipinski definition) is 5. The molecular formula is C25H35N3O3. The maximum atomic E-state index is 12.9. The number of amides is 2. The molecule has 0 aromatic heterocycles. The van der Waals surface area contributed by atoms with Crippen molar-refractivity contribution in [2.45, 2.75) is 46.1 Å². The van der Waals surface area contributed by atoms with Gasteiger partial charge in [-0.2, -0.15) is 0 Å². The second-order valence-electron chi connectivity index (χ2n) is 9.49. The van der Waals surface area contributed by atoms with Crippen LogP contribution in [0.4, 0.5) is 5.69 Å². The zero-order valence-corrected chi connectivity index (χ0v) is 19.0. The van der Waals surface area contributed by atoms with E-state index in [1.807, 2.05) is 25.1 Å². The van der Waals surface area contributed by atoms with Gasteiger partial charge in [-0.05, 0) is 58.7 Å². The fourth-order valence-electron chi connectivity index (χ4n) is 5.12. The molecule has 0 radical (unpaired) electrons. The minimum atomic E-state index is -0.525. The number of anilines is 1. The SMILES string of the molecule is CC(C)Oc1ccccc1N1CCN(CCCN2C(=O)C3CC=CCC3(C)C2=O)CC1. The van der Waals surface area contributed by atoms with E-state index in [0.29, 0.717) is 19.4 Å². The van der Waals surface area contributed by atoms with Crippen LogP contribution in [0.1, 0.15) is 40.0 Å². The Morgan fingerprint density at radius 2 is 1.81 bits per heavy atom. The number of rotatable bonds is 7. The monoisotopic (exact) mass is 425 g/mol. The predicted octanol–water partition coefficient (Wildman–Crippen LogP) is 3.33. The Morgan fingerprint density at radius 1 is 1.06 bits per heavy atom. The van der Waals surface area contributed by atoms with Crippen molar-refractivity contribution in [3.63, 3.8) is 0 Å². The molecule has 6 nitrogen and oxygen atoms in total. The van der Waals surface area contributed by atoms with Gasteiger partial charge in [-0.1, -0.05) is 24.3 Å². The quantitative estimate of drug-likeness (QED) is 0.495. The number of allylic oxidation sites excluding steroid dienone is 2. The van der Waals surface area contributed by atoms with Crippen molar-refractivity contribution in [1.82, 2.24) is 9.80 Å². The van der Waals surface area contributed by atoms with E-state index in [2.05, 4.69) is 41.9 Å². The van der Waals surface area contributed by atoms with Crippen molar-refractivity contribution >= 4 is 17.5 Å². The minimum Gasteiger partial charge on any atom is -0.489 e. The highest BCUT2D eigenvalue weighted by molar-refractivity contribution is 6.07. The second kappa shape index (κ2) is 9.03. The highest BCUT2D eigenvalue weighted by Crippen LogP contribution is 2.45. The number of fused-ring (bicyclic) bond motifs is 1. The zero-order valence-electron chi connectivity index (χ0n) is 19.0. The average molecular weight is 426 g/mol. The number of ether oxygens (including phenoxy) is 1. The van der Waals surface area contributed by atoms with Gasteiger partial charge in [0.15, 0.2) is 0 Å². The molecule has 1 aliphatic carbocycles. The van der Waals surface area contributed by atoms with Crippen molar-refractivity contribution in [3.05, 3.63) is 36.4 Å². The third-order valence-electron chi connectivity index (χ3n) is 6.94. The molecule has 2 saturated heterocycles. The van der Waals surface area contributed by atoms with E-state index in [-0.39, 0.29) is 23.8 Å². The number of benzene rings is 1. The molecule has 1 aromatic rings. The summed E-state index contributed by atoms with van der Waals surface area (Å²) in [5.74, 6) is 0.838. The molecule has 2 fully saturated rings. The van der Waals surface area contributed by atoms with Gasteiger partial charge in [0.2, 0.25) is 11.8 Å². The molecular weight excluding hydrogens is 390 g/mol. The summed E-state index contributed by atoms with van der Waals surface area (Å²) in [6.45, 7) is 11.4. The molecule has 1 aromatic carbocycles. The third-order valence-corrected chi connectivity index (χ3v) is 6.94. The number of carbonyl (C=O) groups excluding carboxylic acids is 2. The summed E-state index contributed by atoms with van der Waals surface area (Å²) < 4.78 is 5.99. The average Bonchev–Trinajstić information content (AvgIpc) is 2.95. The van der Waals surface area contributed by atoms with Crippen LogP contribution in [0.5, 0.6) is 5.75 Å². The third kappa shape index (κ3) is 4.36. The van der Waals surface area contributed by atoms with Crippen LogP contribution in [0.2, 0.25) is 0 Å². The number of para-hydroxylation sites is 2. The Labute approximate surface area is 185 Å². The Morgan fingerprint density at radius 3 is 2.52 bits per heavy atom. The zero-order chi connectivity index (χ0) is 22.0. The van der Waals surface area contributed by atoms with Gasteiger partial charge in [0.05, 0.1) is 23.1 Å². The molecule has 2 aliphatic heterocycles. The molecule has 0 bridgehead atoms. The Hall–Kier alpha value is -2.34. The molecule has 168 valence electrons. The van der Waals surface area contributed by atoms with Gasteiger partial charge >= 0.3 is 0 Å². The smallest absolute Gasteiger partial charge is 0.236 e. The number of nitrogens with zero attached hydrogens (tertiary/aromatic N) is 3. The van der Waals surface area contributed by atoms with Gasteiger partial charge in [-0.3, -0.25) is 19.4 Å². The fourth-order valence-corrected chi connectivity index (χ4v) is 5.12. The Bertz CT molecular complexity index is 844. The summed E-state index contributed by atoms with van der Waals surface area (Å²) in [6.07, 6.45) is 6.46. The molecule has 0 spiro atoms. The van der Waals surface area contributed by atoms with E-state index in [1.165, 1.54) is 4.90 Å². The summed E-state index contributed by atoms with van der Waals surface area (Å²) in [4.78, 5) is 32.0. The minimum absolute atomic E-state index is 0.0263. The molecule has 31 heavy (non-hydrogen) atoms. The van der Waals surface area contributed by atoms with E-state index in [1.54, 1.807) is 0 Å². The van der Waals surface area contributed by atoms with E-state index in [4.69, 9.17) is 4.74 Å². The van der Waals surface area contributed by atoms with Crippen LogP contribution in [-0.4, -0.2) is 67.0 Å². The van der Waals surface area contributed by atoms with Crippen LogP contribution >= 0.6 is 0 Å². The Kier molecular flexibility index (Phi) is 6.37. The van der Waals surface area contributed by atoms with Crippen LogP contribution in [-0.2, 0) is 9.59 Å². The molecule has 2 atom stereocenters. The standard InChI is InChI=1S/C25H35N3O3/c1-19(2)31-22-11-5-4-10-21(22)27-17-15-26(16-18-27)13-8-14-28-23(29)20-9-6-7-12-25(20,3)24(28)30/h4-7,10-11,19-20H,8-9,12-18H2,1-3H3. The normalized spacial score (nSPS) is 26.6. The molecule has 3 aliphatic rings. The van der Waals surface area contributed by atoms with E-state index >= 15 is 0 Å². The van der Waals surface area contributed by atoms with Crippen molar-refractivity contribution in [3.8, 4) is 5.75 Å². The number of hydrogen-bond donors (Lipinski definition) is 0. The highest BCUT2D eigenvalue weighted by Gasteiger charge is 2.55. The van der Waals surface area contributed by atoms with Crippen LogP contribution in [0.3, 0.4) is 0 Å². The number of imide groups is 1. The molecule has 6 heteroatoms. The van der Waals surface area contributed by atoms with Crippen LogP contribution in [0.15, 0.2) is 36.4 Å². The van der Waals surface area contributed by atoms with Crippen molar-refractivity contribution in [2.75, 3.05) is 44.2 Å². The lowest BCUT2D eigenvalue weighted by Crippen LogP contribution is -2.47. The summed E-state index contributed by atoms with van der Waals surface area (Å²) in [5.41, 5.74) is 0.636. The molecule has 4 rings (SSSR count). The first-order valence-corrected chi connectivity index (χ1v) is 11.6. The van der Waals surface area contributed by atoms with E-state index < -0.39 is 5.41 Å². The number of piperazine rings is 1. The summed E-state index contributed by atoms with van der Waals surface area (Å²) in [7, 11) is 0. The van der Waals surface area contributed by atoms with Crippen LogP contribution in [0.25, 0.3) is 0 Å². The van der Waals surface area contributed by atoms with Gasteiger partial charge in [0.25, 0.3) is 0 Å². The lowest BCUT2D eigenvalue weighted by molar-refractivity contribution is -0.141. The first kappa shape index (κ1) is 21.9. The fraction of sp³-hybridized carbons (Fsp3) is 0.600. The maximum Gasteiger partial charge on any atom is 0.236 e. The molecule has 2 amide bonds. The first-order valence-electron chi connectivity index (χ1n) is 11.6. The lowest BCUT2D eigenvalue weighted by atomic mass is 9.72. The second-order valence-corrected chi connectivity index (χ2v) is 9.49. The van der Waals surface area contributed by atoms with Crippen molar-refractivity contribution in [1.29, 1.82) is 0 Å². The highest BCUT2D eigenvalue weighted by atomic mass is 16.5. The van der Waals surface area contributed by atoms with Gasteiger partial charge in [-0.15, -0.1) is 0 Å². The molecule has 2 heterocycles. The van der Waals surface area contributed by atoms with E-state index in [9.17, 15) is 9.59 Å². The van der Waals surface area contributed by atoms with Crippen molar-refractivity contribution in [2.24, 2.45) is 11.3 Å². The number of carbonyl (C=O) groups is 2. The van der Waals surface area contributed by atoms with Crippen molar-refractivity contribution < 1.29 is 14.3 Å². The predicted molar refractivity (Wildman–Crippen MR) is 122 cm³/mol. The molecule has 2 unspecified atom stereocenters. The molecule has 0 saturated carbocycles. The summed E-state index contributed by atoms with van der Waals surface area (Å²) in [6, 6.07) is 8.25. The van der Waals surface area contributed by atoms with E-state index in [0.717, 1.165) is 50.6 Å². The maximum absolute atomic E-state index is 12.9. The molecule has 0 N–H and O–H groups in total.